The second kappa shape index (κ2) is 2.27. The Morgan fingerprint density at radius 1 is 1.33 bits per heavy atom. The molecule has 1 unspecified atom stereocenters. The van der Waals surface area contributed by atoms with Gasteiger partial charge in [-0.25, -0.2) is 0 Å². The van der Waals surface area contributed by atoms with E-state index < -0.39 is 0 Å². The molecule has 9 heavy (non-hydrogen) atoms. The Morgan fingerprint density at radius 2 is 2.22 bits per heavy atom. The van der Waals surface area contributed by atoms with E-state index in [1.165, 1.54) is 12.8 Å². The summed E-state index contributed by atoms with van der Waals surface area (Å²) in [6.07, 6.45) is 3.34. The van der Waals surface area contributed by atoms with Gasteiger partial charge in [0.05, 0.1) is 12.7 Å². The zero-order chi connectivity index (χ0) is 6.10. The number of ether oxygens (including phenoxy) is 1. The largest absolute Gasteiger partial charge is 0.375 e. The first-order valence-electron chi connectivity index (χ1n) is 3.79. The molecule has 1 atom stereocenters. The van der Waals surface area contributed by atoms with Gasteiger partial charge in [-0.15, -0.1) is 0 Å². The third-order valence-corrected chi connectivity index (χ3v) is 2.10. The number of rotatable bonds is 1. The van der Waals surface area contributed by atoms with Gasteiger partial charge < -0.3 is 10.1 Å². The smallest absolute Gasteiger partial charge is 0.0728 e. The molecule has 1 saturated carbocycles. The maximum atomic E-state index is 5.54. The molecule has 1 aliphatic carbocycles. The SMILES string of the molecule is C1COC(C2CC2)CN1. The van der Waals surface area contributed by atoms with Crippen LogP contribution in [0.5, 0.6) is 0 Å². The van der Waals surface area contributed by atoms with Crippen molar-refractivity contribution in [3.63, 3.8) is 0 Å². The Morgan fingerprint density at radius 3 is 2.78 bits per heavy atom. The fourth-order valence-electron chi connectivity index (χ4n) is 1.36. The van der Waals surface area contributed by atoms with Crippen LogP contribution in [-0.4, -0.2) is 25.8 Å². The van der Waals surface area contributed by atoms with Crippen molar-refractivity contribution in [1.82, 2.24) is 5.32 Å². The minimum atomic E-state index is 0.554. The summed E-state index contributed by atoms with van der Waals surface area (Å²) in [7, 11) is 0. The molecule has 0 aromatic rings. The standard InChI is InChI=1S/C7H13NO/c1-2-6(1)7-5-8-3-4-9-7/h6-8H,1-5H2. The van der Waals surface area contributed by atoms with Crippen molar-refractivity contribution in [2.75, 3.05) is 19.7 Å². The minimum Gasteiger partial charge on any atom is -0.375 e. The molecule has 1 heterocycles. The quantitative estimate of drug-likeness (QED) is 0.550. The Labute approximate surface area is 55.6 Å². The van der Waals surface area contributed by atoms with Crippen molar-refractivity contribution in [2.45, 2.75) is 18.9 Å². The van der Waals surface area contributed by atoms with E-state index >= 15 is 0 Å². The van der Waals surface area contributed by atoms with Gasteiger partial charge in [-0.3, -0.25) is 0 Å². The molecule has 0 spiro atoms. The van der Waals surface area contributed by atoms with Gasteiger partial charge in [0.2, 0.25) is 0 Å². The van der Waals surface area contributed by atoms with Crippen LogP contribution in [0.2, 0.25) is 0 Å². The molecular weight excluding hydrogens is 114 g/mol. The van der Waals surface area contributed by atoms with Crippen LogP contribution in [-0.2, 0) is 4.74 Å². The van der Waals surface area contributed by atoms with Gasteiger partial charge in [0.1, 0.15) is 0 Å². The van der Waals surface area contributed by atoms with Crippen LogP contribution in [0.1, 0.15) is 12.8 Å². The highest BCUT2D eigenvalue weighted by molar-refractivity contribution is 4.84. The lowest BCUT2D eigenvalue weighted by atomic mass is 10.2. The first-order valence-corrected chi connectivity index (χ1v) is 3.79. The van der Waals surface area contributed by atoms with Crippen molar-refractivity contribution in [2.24, 2.45) is 5.92 Å². The summed E-state index contributed by atoms with van der Waals surface area (Å²) in [4.78, 5) is 0. The summed E-state index contributed by atoms with van der Waals surface area (Å²) in [5.41, 5.74) is 0. The third kappa shape index (κ3) is 1.25. The Hall–Kier alpha value is -0.0800. The van der Waals surface area contributed by atoms with Crippen molar-refractivity contribution in [1.29, 1.82) is 0 Å². The van der Waals surface area contributed by atoms with Gasteiger partial charge in [0.25, 0.3) is 0 Å². The van der Waals surface area contributed by atoms with Crippen molar-refractivity contribution in [3.05, 3.63) is 0 Å². The molecule has 2 fully saturated rings. The lowest BCUT2D eigenvalue weighted by Gasteiger charge is -2.22. The van der Waals surface area contributed by atoms with E-state index in [1.54, 1.807) is 0 Å². The summed E-state index contributed by atoms with van der Waals surface area (Å²) in [5.74, 6) is 0.901. The second-order valence-corrected chi connectivity index (χ2v) is 2.95. The van der Waals surface area contributed by atoms with Crippen LogP contribution in [0.3, 0.4) is 0 Å². The van der Waals surface area contributed by atoms with E-state index in [-0.39, 0.29) is 0 Å². The summed E-state index contributed by atoms with van der Waals surface area (Å²) in [6.45, 7) is 3.05. The summed E-state index contributed by atoms with van der Waals surface area (Å²) in [6, 6.07) is 0. The van der Waals surface area contributed by atoms with Crippen LogP contribution in [0.25, 0.3) is 0 Å². The molecule has 1 saturated heterocycles. The molecule has 0 radical (unpaired) electrons. The number of nitrogens with one attached hydrogen (secondary N) is 1. The molecule has 0 aromatic heterocycles. The van der Waals surface area contributed by atoms with E-state index in [0.29, 0.717) is 6.10 Å². The van der Waals surface area contributed by atoms with E-state index in [2.05, 4.69) is 5.32 Å². The van der Waals surface area contributed by atoms with E-state index in [9.17, 15) is 0 Å². The summed E-state index contributed by atoms with van der Waals surface area (Å²) >= 11 is 0. The molecule has 0 amide bonds. The fourth-order valence-corrected chi connectivity index (χ4v) is 1.36. The number of morpholine rings is 1. The maximum Gasteiger partial charge on any atom is 0.0728 e. The van der Waals surface area contributed by atoms with Gasteiger partial charge >= 0.3 is 0 Å². The zero-order valence-electron chi connectivity index (χ0n) is 5.60. The molecule has 2 rings (SSSR count). The highest BCUT2D eigenvalue weighted by Crippen LogP contribution is 2.34. The molecule has 1 N–H and O–H groups in total. The average molecular weight is 127 g/mol. The van der Waals surface area contributed by atoms with Gasteiger partial charge in [-0.1, -0.05) is 0 Å². The molecule has 0 bridgehead atoms. The van der Waals surface area contributed by atoms with Crippen LogP contribution in [0.4, 0.5) is 0 Å². The predicted octanol–water partition coefficient (Wildman–Crippen LogP) is 0.385. The van der Waals surface area contributed by atoms with Crippen LogP contribution < -0.4 is 5.32 Å². The Kier molecular flexibility index (Phi) is 1.44. The summed E-state index contributed by atoms with van der Waals surface area (Å²) < 4.78 is 5.54. The second-order valence-electron chi connectivity index (χ2n) is 2.95. The van der Waals surface area contributed by atoms with E-state index in [1.807, 2.05) is 0 Å². The lowest BCUT2D eigenvalue weighted by molar-refractivity contribution is 0.0149. The highest BCUT2D eigenvalue weighted by Gasteiger charge is 2.32. The highest BCUT2D eigenvalue weighted by atomic mass is 16.5. The molecule has 0 aromatic carbocycles. The Balaban J connectivity index is 1.80. The molecule has 2 heteroatoms. The zero-order valence-corrected chi connectivity index (χ0v) is 5.60. The van der Waals surface area contributed by atoms with Crippen LogP contribution >= 0.6 is 0 Å². The van der Waals surface area contributed by atoms with Crippen molar-refractivity contribution in [3.8, 4) is 0 Å². The predicted molar refractivity (Wildman–Crippen MR) is 35.3 cm³/mol. The van der Waals surface area contributed by atoms with E-state index in [4.69, 9.17) is 4.74 Å². The minimum absolute atomic E-state index is 0.554. The number of hydrogen-bond acceptors (Lipinski definition) is 2. The van der Waals surface area contributed by atoms with Gasteiger partial charge in [-0.05, 0) is 18.8 Å². The maximum absolute atomic E-state index is 5.54. The fraction of sp³-hybridized carbons (Fsp3) is 1.00. The molecule has 52 valence electrons. The Bertz CT molecular complexity index is 95.1. The van der Waals surface area contributed by atoms with Gasteiger partial charge in [0, 0.05) is 13.1 Å². The number of hydrogen-bond donors (Lipinski definition) is 1. The molecule has 2 aliphatic rings. The monoisotopic (exact) mass is 127 g/mol. The first-order chi connectivity index (χ1) is 4.47. The average Bonchev–Trinajstić information content (AvgIpc) is 2.71. The van der Waals surface area contributed by atoms with Crippen LogP contribution in [0, 0.1) is 5.92 Å². The van der Waals surface area contributed by atoms with Gasteiger partial charge in [0.15, 0.2) is 0 Å². The molecule has 2 nitrogen and oxygen atoms in total. The third-order valence-electron chi connectivity index (χ3n) is 2.10. The summed E-state index contributed by atoms with van der Waals surface area (Å²) in [5, 5.41) is 3.33. The van der Waals surface area contributed by atoms with Crippen molar-refractivity contribution < 1.29 is 4.74 Å². The topological polar surface area (TPSA) is 21.3 Å². The van der Waals surface area contributed by atoms with Crippen molar-refractivity contribution >= 4 is 0 Å². The van der Waals surface area contributed by atoms with Crippen LogP contribution in [0.15, 0.2) is 0 Å². The normalized spacial score (nSPS) is 36.7. The molecule has 1 aliphatic heterocycles. The van der Waals surface area contributed by atoms with Gasteiger partial charge in [-0.2, -0.15) is 0 Å². The molecular formula is C7H13NO. The van der Waals surface area contributed by atoms with E-state index in [0.717, 1.165) is 25.6 Å². The first kappa shape index (κ1) is 5.69. The lowest BCUT2D eigenvalue weighted by Crippen LogP contribution is -2.39.